The van der Waals surface area contributed by atoms with Crippen molar-refractivity contribution in [2.45, 2.75) is 6.92 Å². The third-order valence-electron chi connectivity index (χ3n) is 0.943. The van der Waals surface area contributed by atoms with Gasteiger partial charge >= 0.3 is 0 Å². The fourth-order valence-electron chi connectivity index (χ4n) is 0.369. The summed E-state index contributed by atoms with van der Waals surface area (Å²) in [4.78, 5) is 10.7. The van der Waals surface area contributed by atoms with E-state index < -0.39 is 0 Å². The Balaban J connectivity index is 3.86. The Labute approximate surface area is 65.5 Å². The molecule has 0 aromatic heterocycles. The van der Waals surface area contributed by atoms with Crippen LogP contribution in [-0.2, 0) is 4.79 Å². The lowest BCUT2D eigenvalue weighted by atomic mass is 10.4. The van der Waals surface area contributed by atoms with Crippen LogP contribution in [0.1, 0.15) is 6.92 Å². The average Bonchev–Trinajstić information content (AvgIpc) is 1.88. The molecule has 1 amide bonds. The van der Waals surface area contributed by atoms with Crippen molar-refractivity contribution in [1.29, 1.82) is 0 Å². The summed E-state index contributed by atoms with van der Waals surface area (Å²) >= 11 is 4.41. The summed E-state index contributed by atoms with van der Waals surface area (Å²) in [5.41, 5.74) is 1.98. The normalized spacial score (nSPS) is 10.4. The smallest absolute Gasteiger partial charge is 0.250 e. The summed E-state index contributed by atoms with van der Waals surface area (Å²) in [5, 5.41) is 5.15. The first-order chi connectivity index (χ1) is 4.70. The van der Waals surface area contributed by atoms with E-state index in [4.69, 9.17) is 0 Å². The molecule has 0 fully saturated rings. The number of carbonyl (C=O) groups excluding carboxylic acids is 1. The van der Waals surface area contributed by atoms with Gasteiger partial charge in [-0.2, -0.15) is 0 Å². The fourth-order valence-corrected chi connectivity index (χ4v) is 0.485. The van der Waals surface area contributed by atoms with Crippen LogP contribution in [0.4, 0.5) is 0 Å². The average molecular weight is 158 g/mol. The summed E-state index contributed by atoms with van der Waals surface area (Å²) < 4.78 is 0. The number of hydrogen-bond acceptors (Lipinski definition) is 3. The lowest BCUT2D eigenvalue weighted by Crippen LogP contribution is -2.19. The Morgan fingerprint density at radius 2 is 2.20 bits per heavy atom. The first kappa shape index (κ1) is 9.10. The fraction of sp³-hybridized carbons (Fsp3) is 0.333. The molecule has 2 N–H and O–H groups in total. The maximum Gasteiger partial charge on any atom is 0.250 e. The topological polar surface area (TPSA) is 41.1 Å². The van der Waals surface area contributed by atoms with Gasteiger partial charge in [0.2, 0.25) is 5.91 Å². The van der Waals surface area contributed by atoms with Crippen molar-refractivity contribution in [3.8, 4) is 0 Å². The molecule has 4 heteroatoms. The second kappa shape index (κ2) is 4.93. The molecule has 0 bridgehead atoms. The summed E-state index contributed by atoms with van der Waals surface area (Å²) in [7, 11) is 1.75. The van der Waals surface area contributed by atoms with Crippen LogP contribution in [-0.4, -0.2) is 18.4 Å². The lowest BCUT2D eigenvalue weighted by molar-refractivity contribution is -0.115. The second-order valence-electron chi connectivity index (χ2n) is 1.70. The molecule has 0 heterocycles. The van der Waals surface area contributed by atoms with E-state index in [2.05, 4.69) is 22.9 Å². The van der Waals surface area contributed by atoms with Crippen LogP contribution in [0.2, 0.25) is 0 Å². The molecule has 0 aromatic rings. The standard InChI is InChI=1S/C6H10N2OS/c1-5(7-2)3-6(9)8-4-10/h3-4,7H,1-2H3,(H,8,9,10)/b5-3-. The number of nitrogens with one attached hydrogen (secondary N) is 2. The van der Waals surface area contributed by atoms with Crippen LogP contribution in [0.3, 0.4) is 0 Å². The Hall–Kier alpha value is -0.900. The third-order valence-corrected chi connectivity index (χ3v) is 1.06. The van der Waals surface area contributed by atoms with Crippen molar-refractivity contribution in [2.75, 3.05) is 7.05 Å². The minimum Gasteiger partial charge on any atom is -0.391 e. The van der Waals surface area contributed by atoms with Gasteiger partial charge in [0.1, 0.15) is 0 Å². The summed E-state index contributed by atoms with van der Waals surface area (Å²) in [6.45, 7) is 1.79. The van der Waals surface area contributed by atoms with E-state index in [0.717, 1.165) is 5.70 Å². The number of rotatable bonds is 3. The number of amides is 1. The molecular formula is C6H10N2OS. The summed E-state index contributed by atoms with van der Waals surface area (Å²) in [5.74, 6) is -0.207. The monoisotopic (exact) mass is 158 g/mol. The highest BCUT2D eigenvalue weighted by Gasteiger charge is 1.91. The molecule has 0 radical (unpaired) electrons. The Kier molecular flexibility index (Phi) is 4.49. The second-order valence-corrected chi connectivity index (χ2v) is 1.94. The maximum absolute atomic E-state index is 10.7. The van der Waals surface area contributed by atoms with Crippen molar-refractivity contribution in [1.82, 2.24) is 10.6 Å². The van der Waals surface area contributed by atoms with Crippen molar-refractivity contribution in [3.05, 3.63) is 11.8 Å². The molecule has 0 spiro atoms. The van der Waals surface area contributed by atoms with Crippen LogP contribution in [0, 0.1) is 0 Å². The molecule has 3 nitrogen and oxygen atoms in total. The zero-order valence-corrected chi connectivity index (χ0v) is 6.79. The van der Waals surface area contributed by atoms with E-state index in [0.29, 0.717) is 0 Å². The SMILES string of the molecule is CN/C(C)=C\C(=O)NC=S. The molecular weight excluding hydrogens is 148 g/mol. The van der Waals surface area contributed by atoms with Crippen molar-refractivity contribution < 1.29 is 4.79 Å². The summed E-state index contributed by atoms with van der Waals surface area (Å²) in [6, 6.07) is 0. The van der Waals surface area contributed by atoms with Gasteiger partial charge in [0.05, 0.1) is 5.49 Å². The molecule has 0 rings (SSSR count). The highest BCUT2D eigenvalue weighted by molar-refractivity contribution is 7.78. The first-order valence-corrected chi connectivity index (χ1v) is 3.28. The van der Waals surface area contributed by atoms with E-state index in [1.165, 1.54) is 11.6 Å². The Morgan fingerprint density at radius 3 is 2.60 bits per heavy atom. The van der Waals surface area contributed by atoms with E-state index in [1.54, 1.807) is 14.0 Å². The molecule has 0 aromatic carbocycles. The molecule has 0 atom stereocenters. The van der Waals surface area contributed by atoms with Gasteiger partial charge in [-0.3, -0.25) is 4.79 Å². The van der Waals surface area contributed by atoms with Crippen molar-refractivity contribution in [3.63, 3.8) is 0 Å². The Bertz CT molecular complexity index is 165. The van der Waals surface area contributed by atoms with Crippen molar-refractivity contribution >= 4 is 23.6 Å². The van der Waals surface area contributed by atoms with E-state index in [1.807, 2.05) is 0 Å². The van der Waals surface area contributed by atoms with Gasteiger partial charge in [-0.15, -0.1) is 0 Å². The van der Waals surface area contributed by atoms with Gasteiger partial charge in [0, 0.05) is 18.8 Å². The number of thiocarbonyl (C=S) groups is 1. The number of carbonyl (C=O) groups is 1. The molecule has 0 saturated heterocycles. The molecule has 0 aliphatic heterocycles. The van der Waals surface area contributed by atoms with Crippen LogP contribution < -0.4 is 10.6 Å². The van der Waals surface area contributed by atoms with Crippen LogP contribution in [0.25, 0.3) is 0 Å². The Morgan fingerprint density at radius 1 is 1.60 bits per heavy atom. The number of hydrogen-bond donors (Lipinski definition) is 2. The zero-order valence-electron chi connectivity index (χ0n) is 5.97. The highest BCUT2D eigenvalue weighted by Crippen LogP contribution is 1.81. The van der Waals surface area contributed by atoms with Gasteiger partial charge in [-0.1, -0.05) is 12.2 Å². The molecule has 0 saturated carbocycles. The largest absolute Gasteiger partial charge is 0.391 e. The van der Waals surface area contributed by atoms with E-state index in [9.17, 15) is 4.79 Å². The zero-order chi connectivity index (χ0) is 7.98. The third kappa shape index (κ3) is 4.03. The predicted octanol–water partition coefficient (Wildman–Crippen LogP) is 0.183. The molecule has 10 heavy (non-hydrogen) atoms. The number of allylic oxidation sites excluding steroid dienone is 1. The maximum atomic E-state index is 10.7. The first-order valence-electron chi connectivity index (χ1n) is 2.81. The van der Waals surface area contributed by atoms with Crippen molar-refractivity contribution in [2.24, 2.45) is 0 Å². The van der Waals surface area contributed by atoms with Crippen LogP contribution in [0.15, 0.2) is 11.8 Å². The highest BCUT2D eigenvalue weighted by atomic mass is 32.1. The predicted molar refractivity (Wildman–Crippen MR) is 44.6 cm³/mol. The molecule has 0 aliphatic carbocycles. The van der Waals surface area contributed by atoms with Gasteiger partial charge in [-0.25, -0.2) is 0 Å². The molecule has 0 unspecified atom stereocenters. The molecule has 56 valence electrons. The minimum absolute atomic E-state index is 0.207. The van der Waals surface area contributed by atoms with Gasteiger partial charge in [-0.05, 0) is 6.92 Å². The lowest BCUT2D eigenvalue weighted by Gasteiger charge is -1.96. The van der Waals surface area contributed by atoms with Crippen LogP contribution in [0.5, 0.6) is 0 Å². The quantitative estimate of drug-likeness (QED) is 0.455. The van der Waals surface area contributed by atoms with Gasteiger partial charge in [0.15, 0.2) is 0 Å². The molecule has 0 aliphatic rings. The van der Waals surface area contributed by atoms with Gasteiger partial charge < -0.3 is 10.6 Å². The van der Waals surface area contributed by atoms with E-state index in [-0.39, 0.29) is 5.91 Å². The van der Waals surface area contributed by atoms with Gasteiger partial charge in [0.25, 0.3) is 0 Å². The van der Waals surface area contributed by atoms with E-state index >= 15 is 0 Å². The minimum atomic E-state index is -0.207. The summed E-state index contributed by atoms with van der Waals surface area (Å²) in [6.07, 6.45) is 1.43. The van der Waals surface area contributed by atoms with Crippen LogP contribution >= 0.6 is 12.2 Å².